The van der Waals surface area contributed by atoms with Crippen molar-refractivity contribution in [2.75, 3.05) is 0 Å². The summed E-state index contributed by atoms with van der Waals surface area (Å²) in [7, 11) is 0. The van der Waals surface area contributed by atoms with E-state index in [1.807, 2.05) is 27.7 Å². The lowest BCUT2D eigenvalue weighted by molar-refractivity contribution is 0.563. The van der Waals surface area contributed by atoms with E-state index in [9.17, 15) is 0 Å². The van der Waals surface area contributed by atoms with E-state index in [1.54, 1.807) is 0 Å². The van der Waals surface area contributed by atoms with Crippen LogP contribution in [0.2, 0.25) is 0 Å². The number of rotatable bonds is 0. The second kappa shape index (κ2) is 13.1. The molecular weight excluding hydrogens is 192 g/mol. The molecule has 0 amide bonds. The molecule has 2 rings (SSSR count). The quantitative estimate of drug-likeness (QED) is 0.443. The molecule has 0 heteroatoms. The first-order valence-electron chi connectivity index (χ1n) is 7.58. The van der Waals surface area contributed by atoms with Crippen LogP contribution in [0.15, 0.2) is 0 Å². The molecule has 3 atom stereocenters. The third-order valence-corrected chi connectivity index (χ3v) is 2.88. The maximum Gasteiger partial charge on any atom is -0.0263 e. The van der Waals surface area contributed by atoms with Crippen LogP contribution in [0.3, 0.4) is 0 Å². The number of fused-ring (bicyclic) bond motifs is 1. The summed E-state index contributed by atoms with van der Waals surface area (Å²) >= 11 is 0. The van der Waals surface area contributed by atoms with Crippen molar-refractivity contribution in [3.8, 4) is 0 Å². The molecule has 2 fully saturated rings. The fourth-order valence-corrected chi connectivity index (χ4v) is 1.53. The molecule has 0 spiro atoms. The fourth-order valence-electron chi connectivity index (χ4n) is 1.53. The van der Waals surface area contributed by atoms with Gasteiger partial charge in [0.2, 0.25) is 0 Å². The Balaban J connectivity index is -0.000000150. The SMILES string of the molecule is CC.CC.CC1C2CC12C.CCC.CCC. The van der Waals surface area contributed by atoms with Crippen LogP contribution >= 0.6 is 0 Å². The van der Waals surface area contributed by atoms with Gasteiger partial charge in [-0.1, -0.05) is 82.1 Å². The first-order valence-corrected chi connectivity index (χ1v) is 7.58. The number of hydrogen-bond donors (Lipinski definition) is 0. The summed E-state index contributed by atoms with van der Waals surface area (Å²) in [6.45, 7) is 21.2. The highest BCUT2D eigenvalue weighted by molar-refractivity contribution is 5.20. The fraction of sp³-hybridized carbons (Fsp3) is 1.00. The summed E-state index contributed by atoms with van der Waals surface area (Å²) in [5, 5.41) is 0. The van der Waals surface area contributed by atoms with Crippen LogP contribution < -0.4 is 0 Å². The summed E-state index contributed by atoms with van der Waals surface area (Å²) in [6, 6.07) is 0. The van der Waals surface area contributed by atoms with E-state index in [2.05, 4.69) is 41.5 Å². The van der Waals surface area contributed by atoms with Crippen molar-refractivity contribution in [3.05, 3.63) is 0 Å². The molecule has 0 N–H and O–H groups in total. The minimum absolute atomic E-state index is 0.875. The molecule has 0 saturated heterocycles. The zero-order valence-electron chi connectivity index (χ0n) is 13.8. The van der Waals surface area contributed by atoms with Gasteiger partial charge in [0.05, 0.1) is 0 Å². The third kappa shape index (κ3) is 8.19. The molecule has 2 aliphatic carbocycles. The van der Waals surface area contributed by atoms with Crippen molar-refractivity contribution in [2.24, 2.45) is 17.3 Å². The molecule has 0 radical (unpaired) electrons. The smallest absolute Gasteiger partial charge is 0.0263 e. The highest BCUT2D eigenvalue weighted by atomic mass is 14.8. The zero-order chi connectivity index (χ0) is 13.8. The Morgan fingerprint density at radius 2 is 1.00 bits per heavy atom. The Morgan fingerprint density at radius 3 is 1.00 bits per heavy atom. The third-order valence-electron chi connectivity index (χ3n) is 2.88. The molecule has 16 heavy (non-hydrogen) atoms. The highest BCUT2D eigenvalue weighted by Crippen LogP contribution is 2.79. The van der Waals surface area contributed by atoms with Gasteiger partial charge in [-0.3, -0.25) is 0 Å². The van der Waals surface area contributed by atoms with Crippen LogP contribution in [0, 0.1) is 17.3 Å². The molecule has 0 aromatic heterocycles. The standard InChI is InChI=1S/C6H10.2C3H8.2C2H6/c1-4-5-3-6(4,5)2;2*1-3-2;2*1-2/h4-5H,3H2,1-2H3;2*3H2,1-2H3;2*1-2H3. The van der Waals surface area contributed by atoms with Crippen molar-refractivity contribution >= 4 is 0 Å². The topological polar surface area (TPSA) is 0 Å². The highest BCUT2D eigenvalue weighted by Gasteiger charge is 2.72. The minimum Gasteiger partial charge on any atom is -0.0683 e. The molecule has 0 aliphatic heterocycles. The van der Waals surface area contributed by atoms with Gasteiger partial charge in [0.1, 0.15) is 0 Å². The van der Waals surface area contributed by atoms with Crippen LogP contribution in [-0.4, -0.2) is 0 Å². The maximum atomic E-state index is 2.39. The Bertz CT molecular complexity index is 109. The molecule has 0 aromatic carbocycles. The maximum absolute atomic E-state index is 2.39. The normalized spacial score (nSPS) is 30.4. The van der Waals surface area contributed by atoms with Gasteiger partial charge in [-0.05, 0) is 23.7 Å². The van der Waals surface area contributed by atoms with Gasteiger partial charge < -0.3 is 0 Å². The summed E-state index contributed by atoms with van der Waals surface area (Å²) in [5.41, 5.74) is 0.875. The van der Waals surface area contributed by atoms with Gasteiger partial charge in [0.25, 0.3) is 0 Å². The molecule has 2 aliphatic rings. The second-order valence-corrected chi connectivity index (χ2v) is 4.52. The van der Waals surface area contributed by atoms with E-state index < -0.39 is 0 Å². The predicted molar refractivity (Wildman–Crippen MR) is 80.0 cm³/mol. The van der Waals surface area contributed by atoms with E-state index in [1.165, 1.54) is 19.3 Å². The van der Waals surface area contributed by atoms with Crippen molar-refractivity contribution < 1.29 is 0 Å². The Labute approximate surface area is 106 Å². The van der Waals surface area contributed by atoms with Crippen molar-refractivity contribution in [1.82, 2.24) is 0 Å². The van der Waals surface area contributed by atoms with E-state index in [0.717, 1.165) is 17.3 Å². The average Bonchev–Trinajstić information content (AvgIpc) is 3.13. The van der Waals surface area contributed by atoms with E-state index in [0.29, 0.717) is 0 Å². The predicted octanol–water partition coefficient (Wildman–Crippen LogP) is 6.55. The average molecular weight is 230 g/mol. The van der Waals surface area contributed by atoms with Crippen molar-refractivity contribution in [3.63, 3.8) is 0 Å². The molecule has 3 unspecified atom stereocenters. The largest absolute Gasteiger partial charge is 0.0683 e. The van der Waals surface area contributed by atoms with Gasteiger partial charge in [-0.2, -0.15) is 0 Å². The van der Waals surface area contributed by atoms with Crippen LogP contribution in [0.4, 0.5) is 0 Å². The van der Waals surface area contributed by atoms with E-state index in [-0.39, 0.29) is 0 Å². The molecule has 102 valence electrons. The molecule has 0 nitrogen and oxygen atoms in total. The monoisotopic (exact) mass is 230 g/mol. The van der Waals surface area contributed by atoms with Crippen molar-refractivity contribution in [2.45, 2.75) is 88.5 Å². The summed E-state index contributed by atoms with van der Waals surface area (Å²) < 4.78 is 0. The lowest BCUT2D eigenvalue weighted by Gasteiger charge is -1.93. The lowest BCUT2D eigenvalue weighted by Crippen LogP contribution is -1.85. The van der Waals surface area contributed by atoms with Gasteiger partial charge in [0.15, 0.2) is 0 Å². The van der Waals surface area contributed by atoms with Gasteiger partial charge in [-0.15, -0.1) is 0 Å². The first-order chi connectivity index (χ1) is 7.58. The van der Waals surface area contributed by atoms with E-state index in [4.69, 9.17) is 0 Å². The molecule has 0 aromatic rings. The summed E-state index contributed by atoms with van der Waals surface area (Å²) in [5.74, 6) is 2.26. The van der Waals surface area contributed by atoms with E-state index >= 15 is 0 Å². The van der Waals surface area contributed by atoms with Gasteiger partial charge in [-0.25, -0.2) is 0 Å². The number of hydrogen-bond acceptors (Lipinski definition) is 0. The van der Waals surface area contributed by atoms with Crippen LogP contribution in [0.25, 0.3) is 0 Å². The Hall–Kier alpha value is 0. The van der Waals surface area contributed by atoms with Crippen LogP contribution in [0.5, 0.6) is 0 Å². The Morgan fingerprint density at radius 1 is 0.875 bits per heavy atom. The minimum atomic E-state index is 0.875. The molecular formula is C16H38. The van der Waals surface area contributed by atoms with Gasteiger partial charge in [0, 0.05) is 0 Å². The zero-order valence-corrected chi connectivity index (χ0v) is 13.8. The summed E-state index contributed by atoms with van der Waals surface area (Å²) in [4.78, 5) is 0. The van der Waals surface area contributed by atoms with Crippen LogP contribution in [0.1, 0.15) is 88.5 Å². The Kier molecular flexibility index (Phi) is 17.4. The summed E-state index contributed by atoms with van der Waals surface area (Å²) in [6.07, 6.45) is 4.04. The lowest BCUT2D eigenvalue weighted by atomic mass is 10.1. The van der Waals surface area contributed by atoms with Crippen molar-refractivity contribution in [1.29, 1.82) is 0 Å². The first kappa shape index (κ1) is 21.3. The van der Waals surface area contributed by atoms with Crippen LogP contribution in [-0.2, 0) is 0 Å². The molecule has 0 bridgehead atoms. The molecule has 0 heterocycles. The van der Waals surface area contributed by atoms with Gasteiger partial charge >= 0.3 is 0 Å². The molecule has 2 saturated carbocycles. The second-order valence-electron chi connectivity index (χ2n) is 4.52.